The number of carbonyl (C=O) groups is 2. The Kier molecular flexibility index (Phi) is 3.84. The SMILES string of the molecule is O=C(O)C1COCC(=O)N1Cc1ccccc1Cl. The van der Waals surface area contributed by atoms with Crippen molar-refractivity contribution in [3.8, 4) is 0 Å². The maximum atomic E-state index is 11.7. The summed E-state index contributed by atoms with van der Waals surface area (Å²) >= 11 is 6.00. The third-order valence-electron chi connectivity index (χ3n) is 2.78. The van der Waals surface area contributed by atoms with E-state index >= 15 is 0 Å². The highest BCUT2D eigenvalue weighted by molar-refractivity contribution is 6.31. The lowest BCUT2D eigenvalue weighted by molar-refractivity contribution is -0.163. The Hall–Kier alpha value is -1.59. The topological polar surface area (TPSA) is 66.8 Å². The fourth-order valence-corrected chi connectivity index (χ4v) is 2.01. The summed E-state index contributed by atoms with van der Waals surface area (Å²) in [5, 5.41) is 9.58. The predicted octanol–water partition coefficient (Wildman–Crippen LogP) is 1.15. The Labute approximate surface area is 109 Å². The third-order valence-corrected chi connectivity index (χ3v) is 3.15. The number of rotatable bonds is 3. The second kappa shape index (κ2) is 5.37. The number of hydrogen-bond acceptors (Lipinski definition) is 3. The largest absolute Gasteiger partial charge is 0.480 e. The van der Waals surface area contributed by atoms with Crippen LogP contribution in [-0.2, 0) is 20.9 Å². The first-order chi connectivity index (χ1) is 8.59. The zero-order chi connectivity index (χ0) is 13.1. The molecule has 18 heavy (non-hydrogen) atoms. The molecule has 1 amide bonds. The molecule has 0 aromatic heterocycles. The molecule has 1 aromatic rings. The minimum absolute atomic E-state index is 0.00548. The van der Waals surface area contributed by atoms with Crippen molar-refractivity contribution < 1.29 is 19.4 Å². The van der Waals surface area contributed by atoms with Crippen LogP contribution in [0.5, 0.6) is 0 Å². The molecule has 1 heterocycles. The molecule has 1 saturated heterocycles. The van der Waals surface area contributed by atoms with Gasteiger partial charge in [-0.1, -0.05) is 29.8 Å². The van der Waals surface area contributed by atoms with Gasteiger partial charge in [-0.3, -0.25) is 4.79 Å². The van der Waals surface area contributed by atoms with E-state index in [0.717, 1.165) is 5.56 Å². The third kappa shape index (κ3) is 2.63. The molecule has 0 aliphatic carbocycles. The number of carbonyl (C=O) groups excluding carboxylic acids is 1. The van der Waals surface area contributed by atoms with Gasteiger partial charge >= 0.3 is 5.97 Å². The fourth-order valence-electron chi connectivity index (χ4n) is 1.82. The lowest BCUT2D eigenvalue weighted by atomic mass is 10.1. The van der Waals surface area contributed by atoms with Gasteiger partial charge < -0.3 is 14.7 Å². The van der Waals surface area contributed by atoms with Crippen LogP contribution in [0.15, 0.2) is 24.3 Å². The Bertz CT molecular complexity index is 477. The quantitative estimate of drug-likeness (QED) is 0.894. The van der Waals surface area contributed by atoms with Crippen LogP contribution in [0.4, 0.5) is 0 Å². The standard InChI is InChI=1S/C12H12ClNO4/c13-9-4-2-1-3-8(9)5-14-10(12(16)17)6-18-7-11(14)15/h1-4,10H,5-7H2,(H,16,17). The van der Waals surface area contributed by atoms with E-state index in [-0.39, 0.29) is 25.7 Å². The van der Waals surface area contributed by atoms with Crippen molar-refractivity contribution in [1.29, 1.82) is 0 Å². The highest BCUT2D eigenvalue weighted by Crippen LogP contribution is 2.20. The van der Waals surface area contributed by atoms with Crippen molar-refractivity contribution in [2.24, 2.45) is 0 Å². The smallest absolute Gasteiger partial charge is 0.328 e. The molecular formula is C12H12ClNO4. The number of amides is 1. The second-order valence-electron chi connectivity index (χ2n) is 3.98. The number of halogens is 1. The van der Waals surface area contributed by atoms with Crippen molar-refractivity contribution in [3.63, 3.8) is 0 Å². The van der Waals surface area contributed by atoms with E-state index in [4.69, 9.17) is 21.4 Å². The van der Waals surface area contributed by atoms with E-state index < -0.39 is 12.0 Å². The van der Waals surface area contributed by atoms with Gasteiger partial charge in [0.05, 0.1) is 6.61 Å². The number of carboxylic acid groups (broad SMARTS) is 1. The van der Waals surface area contributed by atoms with Crippen LogP contribution in [-0.4, -0.2) is 41.1 Å². The van der Waals surface area contributed by atoms with E-state index in [1.54, 1.807) is 24.3 Å². The number of carboxylic acids is 1. The van der Waals surface area contributed by atoms with Gasteiger partial charge in [0.1, 0.15) is 6.61 Å². The normalized spacial score (nSPS) is 19.9. The molecule has 1 atom stereocenters. The lowest BCUT2D eigenvalue weighted by Gasteiger charge is -2.32. The van der Waals surface area contributed by atoms with Crippen LogP contribution < -0.4 is 0 Å². The van der Waals surface area contributed by atoms with Gasteiger partial charge in [0, 0.05) is 11.6 Å². The molecule has 0 radical (unpaired) electrons. The number of aliphatic carboxylic acids is 1. The summed E-state index contributed by atoms with van der Waals surface area (Å²) in [5.74, 6) is -1.41. The van der Waals surface area contributed by atoms with E-state index in [1.807, 2.05) is 0 Å². The maximum absolute atomic E-state index is 11.7. The molecule has 1 fully saturated rings. The van der Waals surface area contributed by atoms with Crippen LogP contribution >= 0.6 is 11.6 Å². The van der Waals surface area contributed by atoms with Gasteiger partial charge in [0.25, 0.3) is 0 Å². The summed E-state index contributed by atoms with van der Waals surface area (Å²) < 4.78 is 4.95. The molecule has 1 aromatic carbocycles. The molecular weight excluding hydrogens is 258 g/mol. The molecule has 6 heteroatoms. The Morgan fingerprint density at radius 1 is 1.50 bits per heavy atom. The average molecular weight is 270 g/mol. The van der Waals surface area contributed by atoms with Gasteiger partial charge in [-0.2, -0.15) is 0 Å². The first kappa shape index (κ1) is 12.9. The number of benzene rings is 1. The Morgan fingerprint density at radius 2 is 2.22 bits per heavy atom. The summed E-state index contributed by atoms with van der Waals surface area (Å²) in [6.07, 6.45) is 0. The van der Waals surface area contributed by atoms with Crippen LogP contribution in [0.25, 0.3) is 0 Å². The summed E-state index contributed by atoms with van der Waals surface area (Å²) in [7, 11) is 0. The summed E-state index contributed by atoms with van der Waals surface area (Å²) in [6.45, 7) is 0.0958. The number of nitrogens with zero attached hydrogens (tertiary/aromatic N) is 1. The molecule has 1 aliphatic heterocycles. The molecule has 1 N–H and O–H groups in total. The lowest BCUT2D eigenvalue weighted by Crippen LogP contribution is -2.52. The molecule has 0 bridgehead atoms. The van der Waals surface area contributed by atoms with Gasteiger partial charge in [0.15, 0.2) is 6.04 Å². The van der Waals surface area contributed by atoms with E-state index in [2.05, 4.69) is 0 Å². The molecule has 2 rings (SSSR count). The van der Waals surface area contributed by atoms with E-state index in [0.29, 0.717) is 5.02 Å². The minimum atomic E-state index is -1.07. The summed E-state index contributed by atoms with van der Waals surface area (Å²) in [6, 6.07) is 6.09. The van der Waals surface area contributed by atoms with Crippen LogP contribution in [0.1, 0.15) is 5.56 Å². The van der Waals surface area contributed by atoms with Crippen molar-refractivity contribution in [1.82, 2.24) is 4.90 Å². The predicted molar refractivity (Wildman–Crippen MR) is 64.2 cm³/mol. The molecule has 1 aliphatic rings. The molecule has 0 saturated carbocycles. The van der Waals surface area contributed by atoms with Crippen molar-refractivity contribution >= 4 is 23.5 Å². The van der Waals surface area contributed by atoms with Crippen LogP contribution in [0.3, 0.4) is 0 Å². The number of hydrogen-bond donors (Lipinski definition) is 1. The number of morpholine rings is 1. The van der Waals surface area contributed by atoms with Gasteiger partial charge in [0.2, 0.25) is 5.91 Å². The Morgan fingerprint density at radius 3 is 2.89 bits per heavy atom. The number of ether oxygens (including phenoxy) is 1. The minimum Gasteiger partial charge on any atom is -0.480 e. The monoisotopic (exact) mass is 269 g/mol. The average Bonchev–Trinajstić information content (AvgIpc) is 2.34. The second-order valence-corrected chi connectivity index (χ2v) is 4.39. The van der Waals surface area contributed by atoms with Gasteiger partial charge in [-0.05, 0) is 11.6 Å². The highest BCUT2D eigenvalue weighted by Gasteiger charge is 2.34. The maximum Gasteiger partial charge on any atom is 0.328 e. The highest BCUT2D eigenvalue weighted by atomic mass is 35.5. The van der Waals surface area contributed by atoms with Crippen molar-refractivity contribution in [2.75, 3.05) is 13.2 Å². The Balaban J connectivity index is 2.21. The van der Waals surface area contributed by atoms with Gasteiger partial charge in [-0.25, -0.2) is 4.79 Å². The molecule has 1 unspecified atom stereocenters. The zero-order valence-electron chi connectivity index (χ0n) is 9.51. The summed E-state index contributed by atoms with van der Waals surface area (Å²) in [5.41, 5.74) is 0.723. The summed E-state index contributed by atoms with van der Waals surface area (Å²) in [4.78, 5) is 24.1. The fraction of sp³-hybridized carbons (Fsp3) is 0.333. The van der Waals surface area contributed by atoms with Gasteiger partial charge in [-0.15, -0.1) is 0 Å². The molecule has 0 spiro atoms. The van der Waals surface area contributed by atoms with Crippen molar-refractivity contribution in [2.45, 2.75) is 12.6 Å². The zero-order valence-corrected chi connectivity index (χ0v) is 10.3. The molecule has 5 nitrogen and oxygen atoms in total. The molecule has 96 valence electrons. The first-order valence-corrected chi connectivity index (χ1v) is 5.81. The van der Waals surface area contributed by atoms with Crippen molar-refractivity contribution in [3.05, 3.63) is 34.9 Å². The van der Waals surface area contributed by atoms with Crippen LogP contribution in [0, 0.1) is 0 Å². The van der Waals surface area contributed by atoms with Crippen LogP contribution in [0.2, 0.25) is 5.02 Å². The van der Waals surface area contributed by atoms with E-state index in [9.17, 15) is 9.59 Å². The first-order valence-electron chi connectivity index (χ1n) is 5.43. The van der Waals surface area contributed by atoms with E-state index in [1.165, 1.54) is 4.90 Å².